The fraction of sp³-hybridized carbons (Fsp3) is 0.316. The van der Waals surface area contributed by atoms with Crippen LogP contribution in [0, 0.1) is 5.82 Å². The second kappa shape index (κ2) is 7.85. The number of amides is 1. The van der Waals surface area contributed by atoms with Gasteiger partial charge in [-0.3, -0.25) is 4.79 Å². The molecule has 2 aromatic rings. The maximum absolute atomic E-state index is 13.2. The molecule has 2 N–H and O–H groups in total. The average molecular weight is 363 g/mol. The molecule has 3 rings (SSSR count). The highest BCUT2D eigenvalue weighted by atomic mass is 35.5. The van der Waals surface area contributed by atoms with Gasteiger partial charge in [-0.25, -0.2) is 4.39 Å². The molecule has 25 heavy (non-hydrogen) atoms. The number of piperazine rings is 1. The second-order valence-corrected chi connectivity index (χ2v) is 6.73. The number of halogens is 2. The highest BCUT2D eigenvalue weighted by molar-refractivity contribution is 6.31. The van der Waals surface area contributed by atoms with E-state index >= 15 is 0 Å². The summed E-state index contributed by atoms with van der Waals surface area (Å²) in [5, 5.41) is 2.83. The van der Waals surface area contributed by atoms with E-state index in [1.807, 2.05) is 25.1 Å². The lowest BCUT2D eigenvalue weighted by molar-refractivity contribution is -0.914. The molecule has 1 aliphatic heterocycles. The fourth-order valence-corrected chi connectivity index (χ4v) is 3.31. The van der Waals surface area contributed by atoms with E-state index in [0.717, 1.165) is 26.2 Å². The predicted molar refractivity (Wildman–Crippen MR) is 98.9 cm³/mol. The summed E-state index contributed by atoms with van der Waals surface area (Å²) in [6, 6.07) is 14.4. The maximum Gasteiger partial charge on any atom is 0.282 e. The Balaban J connectivity index is 1.55. The smallest absolute Gasteiger partial charge is 0.282 e. The van der Waals surface area contributed by atoms with Gasteiger partial charge in [-0.2, -0.15) is 0 Å². The zero-order valence-corrected chi connectivity index (χ0v) is 14.9. The number of nitrogens with one attached hydrogen (secondary N) is 2. The molecular weight excluding hydrogens is 341 g/mol. The van der Waals surface area contributed by atoms with Crippen LogP contribution in [0.25, 0.3) is 0 Å². The standard InChI is InChI=1S/C19H21ClFN3O/c1-14(19(25)22-15-7-8-18(21)17(20)13-15)23-9-11-24(12-10-23)16-5-3-2-4-6-16/h2-8,13-14H,9-12H2,1H3,(H,22,25)/p+1/t14-/m0/s1. The highest BCUT2D eigenvalue weighted by Crippen LogP contribution is 2.19. The largest absolute Gasteiger partial charge is 0.360 e. The summed E-state index contributed by atoms with van der Waals surface area (Å²) in [4.78, 5) is 16.1. The molecule has 1 amide bonds. The van der Waals surface area contributed by atoms with E-state index in [4.69, 9.17) is 11.6 Å². The maximum atomic E-state index is 13.2. The zero-order valence-electron chi connectivity index (χ0n) is 14.1. The lowest BCUT2D eigenvalue weighted by Gasteiger charge is -2.36. The molecule has 132 valence electrons. The van der Waals surface area contributed by atoms with Crippen molar-refractivity contribution in [2.24, 2.45) is 0 Å². The number of benzene rings is 2. The van der Waals surface area contributed by atoms with E-state index in [-0.39, 0.29) is 17.0 Å². The molecule has 1 fully saturated rings. The van der Waals surface area contributed by atoms with Gasteiger partial charge in [-0.1, -0.05) is 29.8 Å². The average Bonchev–Trinajstić information content (AvgIpc) is 2.65. The predicted octanol–water partition coefficient (Wildman–Crippen LogP) is 2.21. The topological polar surface area (TPSA) is 36.8 Å². The summed E-state index contributed by atoms with van der Waals surface area (Å²) in [5.41, 5.74) is 1.74. The summed E-state index contributed by atoms with van der Waals surface area (Å²) in [7, 11) is 0. The third kappa shape index (κ3) is 4.30. The number of carbonyl (C=O) groups excluding carboxylic acids is 1. The highest BCUT2D eigenvalue weighted by Gasteiger charge is 2.29. The Labute approximate surface area is 152 Å². The minimum atomic E-state index is -0.490. The fourth-order valence-electron chi connectivity index (χ4n) is 3.13. The van der Waals surface area contributed by atoms with Crippen LogP contribution in [0.4, 0.5) is 15.8 Å². The van der Waals surface area contributed by atoms with Crippen LogP contribution in [0.2, 0.25) is 5.02 Å². The molecule has 1 atom stereocenters. The van der Waals surface area contributed by atoms with Crippen LogP contribution < -0.4 is 15.1 Å². The van der Waals surface area contributed by atoms with Gasteiger partial charge in [0.2, 0.25) is 0 Å². The van der Waals surface area contributed by atoms with Crippen LogP contribution in [-0.4, -0.2) is 38.1 Å². The van der Waals surface area contributed by atoms with E-state index in [0.29, 0.717) is 5.69 Å². The molecule has 0 radical (unpaired) electrons. The minimum absolute atomic E-state index is 0.00859. The Morgan fingerprint density at radius 1 is 1.20 bits per heavy atom. The van der Waals surface area contributed by atoms with Gasteiger partial charge < -0.3 is 15.1 Å². The molecule has 1 heterocycles. The summed E-state index contributed by atoms with van der Waals surface area (Å²) in [6.07, 6.45) is 0. The first-order valence-electron chi connectivity index (χ1n) is 8.45. The molecule has 0 saturated carbocycles. The normalized spacial score (nSPS) is 16.5. The van der Waals surface area contributed by atoms with E-state index in [1.165, 1.54) is 28.8 Å². The van der Waals surface area contributed by atoms with Gasteiger partial charge in [0.25, 0.3) is 5.91 Å². The number of hydrogen-bond acceptors (Lipinski definition) is 2. The van der Waals surface area contributed by atoms with Crippen molar-refractivity contribution < 1.29 is 14.1 Å². The third-order valence-electron chi connectivity index (χ3n) is 4.72. The van der Waals surface area contributed by atoms with Crippen LogP contribution in [0.1, 0.15) is 6.92 Å². The summed E-state index contributed by atoms with van der Waals surface area (Å²) >= 11 is 5.76. The number of para-hydroxylation sites is 1. The first-order valence-corrected chi connectivity index (χ1v) is 8.83. The second-order valence-electron chi connectivity index (χ2n) is 6.32. The Morgan fingerprint density at radius 2 is 1.88 bits per heavy atom. The Hall–Kier alpha value is -2.11. The van der Waals surface area contributed by atoms with Crippen molar-refractivity contribution in [2.75, 3.05) is 36.4 Å². The van der Waals surface area contributed by atoms with Gasteiger partial charge >= 0.3 is 0 Å². The molecule has 0 aliphatic carbocycles. The van der Waals surface area contributed by atoms with Crippen LogP contribution in [-0.2, 0) is 4.79 Å². The van der Waals surface area contributed by atoms with Gasteiger partial charge in [0, 0.05) is 11.4 Å². The van der Waals surface area contributed by atoms with Crippen molar-refractivity contribution in [3.8, 4) is 0 Å². The van der Waals surface area contributed by atoms with E-state index < -0.39 is 5.82 Å². The lowest BCUT2D eigenvalue weighted by Crippen LogP contribution is -3.19. The van der Waals surface area contributed by atoms with Crippen molar-refractivity contribution in [1.29, 1.82) is 0 Å². The number of anilines is 2. The molecule has 1 aliphatic rings. The summed E-state index contributed by atoms with van der Waals surface area (Å²) in [6.45, 7) is 5.55. The molecule has 6 heteroatoms. The van der Waals surface area contributed by atoms with Crippen LogP contribution in [0.3, 0.4) is 0 Å². The molecule has 1 saturated heterocycles. The summed E-state index contributed by atoms with van der Waals surface area (Å²) < 4.78 is 13.2. The lowest BCUT2D eigenvalue weighted by atomic mass is 10.2. The van der Waals surface area contributed by atoms with Gasteiger partial charge in [0.1, 0.15) is 5.82 Å². The minimum Gasteiger partial charge on any atom is -0.360 e. The van der Waals surface area contributed by atoms with Crippen molar-refractivity contribution in [2.45, 2.75) is 13.0 Å². The van der Waals surface area contributed by atoms with Crippen molar-refractivity contribution >= 4 is 28.9 Å². The molecule has 0 spiro atoms. The summed E-state index contributed by atoms with van der Waals surface area (Å²) in [5.74, 6) is -0.568. The number of quaternary nitrogens is 1. The van der Waals surface area contributed by atoms with Crippen molar-refractivity contribution in [1.82, 2.24) is 0 Å². The Kier molecular flexibility index (Phi) is 5.56. The molecule has 0 unspecified atom stereocenters. The number of hydrogen-bond donors (Lipinski definition) is 2. The van der Waals surface area contributed by atoms with Crippen molar-refractivity contribution in [3.05, 3.63) is 59.4 Å². The first-order chi connectivity index (χ1) is 12.0. The van der Waals surface area contributed by atoms with Gasteiger partial charge in [-0.15, -0.1) is 0 Å². The molecule has 2 aromatic carbocycles. The third-order valence-corrected chi connectivity index (χ3v) is 5.01. The monoisotopic (exact) mass is 362 g/mol. The first kappa shape index (κ1) is 17.7. The van der Waals surface area contributed by atoms with Crippen molar-refractivity contribution in [3.63, 3.8) is 0 Å². The number of rotatable bonds is 4. The number of carbonyl (C=O) groups is 1. The quantitative estimate of drug-likeness (QED) is 0.875. The van der Waals surface area contributed by atoms with Gasteiger partial charge in [0.15, 0.2) is 6.04 Å². The van der Waals surface area contributed by atoms with E-state index in [2.05, 4.69) is 22.3 Å². The van der Waals surface area contributed by atoms with E-state index in [1.54, 1.807) is 0 Å². The zero-order chi connectivity index (χ0) is 17.8. The molecule has 0 aromatic heterocycles. The van der Waals surface area contributed by atoms with Gasteiger partial charge in [0.05, 0.1) is 31.2 Å². The van der Waals surface area contributed by atoms with Crippen LogP contribution in [0.5, 0.6) is 0 Å². The van der Waals surface area contributed by atoms with E-state index in [9.17, 15) is 9.18 Å². The number of nitrogens with zero attached hydrogens (tertiary/aromatic N) is 1. The Morgan fingerprint density at radius 3 is 2.52 bits per heavy atom. The molecule has 0 bridgehead atoms. The van der Waals surface area contributed by atoms with Gasteiger partial charge in [-0.05, 0) is 37.3 Å². The van der Waals surface area contributed by atoms with Crippen LogP contribution in [0.15, 0.2) is 48.5 Å². The molecule has 4 nitrogen and oxygen atoms in total. The Bertz CT molecular complexity index is 733. The SMILES string of the molecule is C[C@@H](C(=O)Nc1ccc(F)c(Cl)c1)[NH+]1CCN(c2ccccc2)CC1. The molecular formula is C19H22ClFN3O+. The van der Waals surface area contributed by atoms with Crippen LogP contribution >= 0.6 is 11.6 Å².